The summed E-state index contributed by atoms with van der Waals surface area (Å²) in [7, 11) is -1.89. The number of para-hydroxylation sites is 1. The van der Waals surface area contributed by atoms with E-state index in [9.17, 15) is 18.0 Å². The fraction of sp³-hybridized carbons (Fsp3) is 0.467. The molecule has 1 atom stereocenters. The lowest BCUT2D eigenvalue weighted by Gasteiger charge is -2.33. The molecule has 1 fully saturated rings. The molecule has 0 aliphatic carbocycles. The summed E-state index contributed by atoms with van der Waals surface area (Å²) in [6.07, 6.45) is 0. The van der Waals surface area contributed by atoms with E-state index in [4.69, 9.17) is 0 Å². The van der Waals surface area contributed by atoms with Crippen molar-refractivity contribution >= 4 is 27.5 Å². The minimum Gasteiger partial charge on any atom is -0.353 e. The van der Waals surface area contributed by atoms with Crippen molar-refractivity contribution in [3.05, 3.63) is 29.8 Å². The van der Waals surface area contributed by atoms with E-state index in [1.807, 2.05) is 12.1 Å². The van der Waals surface area contributed by atoms with Crippen LogP contribution in [-0.2, 0) is 19.6 Å². The van der Waals surface area contributed by atoms with E-state index in [-0.39, 0.29) is 30.7 Å². The molecule has 2 amide bonds. The average Bonchev–Trinajstić information content (AvgIpc) is 2.56. The average molecular weight is 352 g/mol. The molecule has 1 unspecified atom stereocenters. The molecule has 0 spiro atoms. The Kier molecular flexibility index (Phi) is 4.46. The zero-order valence-corrected chi connectivity index (χ0v) is 14.2. The van der Waals surface area contributed by atoms with Crippen LogP contribution in [0.2, 0.25) is 0 Å². The van der Waals surface area contributed by atoms with Crippen molar-refractivity contribution in [1.82, 2.24) is 15.5 Å². The van der Waals surface area contributed by atoms with Crippen molar-refractivity contribution < 1.29 is 18.0 Å². The molecule has 2 N–H and O–H groups in total. The first kappa shape index (κ1) is 16.7. The predicted octanol–water partition coefficient (Wildman–Crippen LogP) is -0.945. The number of amides is 2. The molecule has 0 radical (unpaired) electrons. The highest BCUT2D eigenvalue weighted by molar-refractivity contribution is 7.92. The van der Waals surface area contributed by atoms with Crippen molar-refractivity contribution in [2.75, 3.05) is 43.3 Å². The lowest BCUT2D eigenvalue weighted by Crippen LogP contribution is -2.52. The van der Waals surface area contributed by atoms with Crippen molar-refractivity contribution in [2.45, 2.75) is 6.04 Å². The molecule has 9 heteroatoms. The highest BCUT2D eigenvalue weighted by Gasteiger charge is 2.34. The van der Waals surface area contributed by atoms with Crippen LogP contribution in [0.3, 0.4) is 0 Å². The number of piperazine rings is 1. The molecule has 2 heterocycles. The van der Waals surface area contributed by atoms with Crippen LogP contribution in [0.1, 0.15) is 11.6 Å². The molecule has 1 saturated heterocycles. The summed E-state index contributed by atoms with van der Waals surface area (Å²) in [6, 6.07) is 6.78. The van der Waals surface area contributed by atoms with Crippen molar-refractivity contribution in [3.63, 3.8) is 0 Å². The van der Waals surface area contributed by atoms with Gasteiger partial charge >= 0.3 is 0 Å². The minimum atomic E-state index is -3.42. The van der Waals surface area contributed by atoms with Crippen LogP contribution in [0.4, 0.5) is 5.69 Å². The highest BCUT2D eigenvalue weighted by Crippen LogP contribution is 2.33. The van der Waals surface area contributed by atoms with E-state index in [1.54, 1.807) is 12.1 Å². The van der Waals surface area contributed by atoms with Crippen molar-refractivity contribution in [3.8, 4) is 0 Å². The molecular formula is C15H20N4O4S. The molecule has 8 nitrogen and oxygen atoms in total. The Morgan fingerprint density at radius 3 is 2.88 bits per heavy atom. The topological polar surface area (TPSA) is 98.8 Å². The van der Waals surface area contributed by atoms with Crippen LogP contribution in [0.25, 0.3) is 0 Å². The van der Waals surface area contributed by atoms with E-state index in [1.165, 1.54) is 16.3 Å². The Balaban J connectivity index is 1.72. The van der Waals surface area contributed by atoms with E-state index >= 15 is 0 Å². The number of rotatable bonds is 3. The summed E-state index contributed by atoms with van der Waals surface area (Å²) in [4.78, 5) is 25.1. The highest BCUT2D eigenvalue weighted by atomic mass is 32.2. The van der Waals surface area contributed by atoms with E-state index in [0.717, 1.165) is 5.56 Å². The maximum absolute atomic E-state index is 12.3. The smallest absolute Gasteiger partial charge is 0.239 e. The maximum Gasteiger partial charge on any atom is 0.239 e. The lowest BCUT2D eigenvalue weighted by atomic mass is 10.1. The van der Waals surface area contributed by atoms with Crippen LogP contribution in [0, 0.1) is 0 Å². The third-order valence-electron chi connectivity index (χ3n) is 4.34. The van der Waals surface area contributed by atoms with Crippen molar-refractivity contribution in [2.24, 2.45) is 0 Å². The summed E-state index contributed by atoms with van der Waals surface area (Å²) in [6.45, 7) is 0.943. The normalized spacial score (nSPS) is 22.7. The number of carbonyl (C=O) groups excluding carboxylic acids is 2. The van der Waals surface area contributed by atoms with Gasteiger partial charge in [-0.25, -0.2) is 8.42 Å². The summed E-state index contributed by atoms with van der Waals surface area (Å²) in [5, 5.41) is 5.70. The van der Waals surface area contributed by atoms with Crippen molar-refractivity contribution in [1.29, 1.82) is 0 Å². The molecule has 1 aromatic rings. The Hall–Kier alpha value is -2.13. The van der Waals surface area contributed by atoms with Crippen LogP contribution in [0.5, 0.6) is 0 Å². The van der Waals surface area contributed by atoms with Gasteiger partial charge < -0.3 is 15.5 Å². The number of nitrogens with one attached hydrogen (secondary N) is 2. The monoisotopic (exact) mass is 352 g/mol. The fourth-order valence-corrected chi connectivity index (χ4v) is 4.38. The number of sulfonamides is 1. The molecule has 0 saturated carbocycles. The molecule has 24 heavy (non-hydrogen) atoms. The number of benzene rings is 1. The van der Waals surface area contributed by atoms with E-state index < -0.39 is 16.1 Å². The number of anilines is 1. The number of hydrogen-bond donors (Lipinski definition) is 2. The Bertz CT molecular complexity index is 764. The second kappa shape index (κ2) is 6.40. The number of nitrogens with zero attached hydrogens (tertiary/aromatic N) is 2. The van der Waals surface area contributed by atoms with Gasteiger partial charge in [-0.2, -0.15) is 0 Å². The van der Waals surface area contributed by atoms with Crippen LogP contribution in [-0.4, -0.2) is 64.1 Å². The quantitative estimate of drug-likeness (QED) is 0.731. The van der Waals surface area contributed by atoms with Crippen LogP contribution in [0.15, 0.2) is 24.3 Å². The molecule has 0 bridgehead atoms. The molecule has 2 aliphatic heterocycles. The SMILES string of the molecule is CN1c2ccccc2C(NCC(=O)N2CCNC(=O)C2)CS1(=O)=O. The largest absolute Gasteiger partial charge is 0.353 e. The molecular weight excluding hydrogens is 332 g/mol. The van der Waals surface area contributed by atoms with Crippen LogP contribution < -0.4 is 14.9 Å². The Morgan fingerprint density at radius 2 is 2.12 bits per heavy atom. The summed E-state index contributed by atoms with van der Waals surface area (Å²) < 4.78 is 25.8. The van der Waals surface area contributed by atoms with E-state index in [0.29, 0.717) is 18.8 Å². The molecule has 3 rings (SSSR count). The Labute approximate surface area is 140 Å². The zero-order valence-electron chi connectivity index (χ0n) is 13.4. The second-order valence-corrected chi connectivity index (χ2v) is 7.95. The first-order valence-corrected chi connectivity index (χ1v) is 9.33. The van der Waals surface area contributed by atoms with Gasteiger partial charge in [0.1, 0.15) is 0 Å². The van der Waals surface area contributed by atoms with Gasteiger partial charge in [0.05, 0.1) is 30.6 Å². The van der Waals surface area contributed by atoms with Gasteiger partial charge in [0.2, 0.25) is 21.8 Å². The standard InChI is InChI=1S/C15H20N4O4S/c1-18-13-5-3-2-4-11(13)12(10-24(18,22)23)17-8-15(21)19-7-6-16-14(20)9-19/h2-5,12,17H,6-10H2,1H3,(H,16,20). The molecule has 2 aliphatic rings. The number of fused-ring (bicyclic) bond motifs is 1. The third kappa shape index (κ3) is 3.22. The van der Waals surface area contributed by atoms with Gasteiger partial charge in [-0.15, -0.1) is 0 Å². The molecule has 0 aromatic heterocycles. The predicted molar refractivity (Wildman–Crippen MR) is 89.0 cm³/mol. The van der Waals surface area contributed by atoms with Gasteiger partial charge in [-0.05, 0) is 11.6 Å². The maximum atomic E-state index is 12.3. The van der Waals surface area contributed by atoms with Gasteiger partial charge in [0, 0.05) is 20.1 Å². The number of carbonyl (C=O) groups is 2. The van der Waals surface area contributed by atoms with Gasteiger partial charge in [-0.1, -0.05) is 18.2 Å². The van der Waals surface area contributed by atoms with Gasteiger partial charge in [0.25, 0.3) is 0 Å². The minimum absolute atomic E-state index is 0.00842. The van der Waals surface area contributed by atoms with Gasteiger partial charge in [0.15, 0.2) is 0 Å². The van der Waals surface area contributed by atoms with Gasteiger partial charge in [-0.3, -0.25) is 13.9 Å². The first-order chi connectivity index (χ1) is 11.4. The fourth-order valence-electron chi connectivity index (χ4n) is 2.97. The molecule has 1 aromatic carbocycles. The second-order valence-electron chi connectivity index (χ2n) is 5.90. The summed E-state index contributed by atoms with van der Waals surface area (Å²) >= 11 is 0. The lowest BCUT2D eigenvalue weighted by molar-refractivity contribution is -0.137. The van der Waals surface area contributed by atoms with E-state index in [2.05, 4.69) is 10.6 Å². The Morgan fingerprint density at radius 1 is 1.38 bits per heavy atom. The molecule has 130 valence electrons. The van der Waals surface area contributed by atoms with Crippen LogP contribution >= 0.6 is 0 Å². The zero-order chi connectivity index (χ0) is 17.3. The summed E-state index contributed by atoms with van der Waals surface area (Å²) in [5.41, 5.74) is 1.46. The first-order valence-electron chi connectivity index (χ1n) is 7.72. The summed E-state index contributed by atoms with van der Waals surface area (Å²) in [5.74, 6) is -0.491. The third-order valence-corrected chi connectivity index (χ3v) is 6.12. The number of hydrogen-bond acceptors (Lipinski definition) is 5.